The van der Waals surface area contributed by atoms with Gasteiger partial charge in [0, 0.05) is 12.2 Å². The van der Waals surface area contributed by atoms with E-state index in [1.807, 2.05) is 38.1 Å². The van der Waals surface area contributed by atoms with E-state index in [2.05, 4.69) is 5.32 Å². The van der Waals surface area contributed by atoms with Crippen molar-refractivity contribution in [1.29, 1.82) is 0 Å². The number of aliphatic carboxylic acids is 1. The zero-order valence-electron chi connectivity index (χ0n) is 13.3. The van der Waals surface area contributed by atoms with Crippen molar-refractivity contribution in [3.05, 3.63) is 29.8 Å². The van der Waals surface area contributed by atoms with Gasteiger partial charge < -0.3 is 10.4 Å². The van der Waals surface area contributed by atoms with E-state index >= 15 is 0 Å². The number of carboxylic acids is 1. The van der Waals surface area contributed by atoms with Gasteiger partial charge in [-0.25, -0.2) is 9.59 Å². The molecule has 0 unspecified atom stereocenters. The molecule has 5 nitrogen and oxygen atoms in total. The Balaban J connectivity index is 2.96. The molecule has 0 aliphatic heterocycles. The minimum atomic E-state index is -1.03. The fraction of sp³-hybridized carbons (Fsp3) is 0.500. The Bertz CT molecular complexity index is 520. The molecule has 0 aromatic heterocycles. The highest BCUT2D eigenvalue weighted by atomic mass is 16.4. The lowest BCUT2D eigenvalue weighted by molar-refractivity contribution is -0.141. The number of hydrogen-bond donors (Lipinski definition) is 2. The number of nitrogens with one attached hydrogen (secondary N) is 1. The highest BCUT2D eigenvalue weighted by molar-refractivity contribution is 5.94. The van der Waals surface area contributed by atoms with Crippen molar-refractivity contribution in [1.82, 2.24) is 5.32 Å². The van der Waals surface area contributed by atoms with Gasteiger partial charge in [0.15, 0.2) is 0 Å². The fourth-order valence-corrected chi connectivity index (χ4v) is 2.09. The van der Waals surface area contributed by atoms with Gasteiger partial charge in [-0.15, -0.1) is 0 Å². The summed E-state index contributed by atoms with van der Waals surface area (Å²) in [5.41, 5.74) is 1.24. The van der Waals surface area contributed by atoms with Crippen LogP contribution in [-0.2, 0) is 4.79 Å². The number of aryl methyl sites for hydroxylation is 1. The lowest BCUT2D eigenvalue weighted by atomic mass is 9.87. The first-order valence-electron chi connectivity index (χ1n) is 7.04. The number of hydrogen-bond acceptors (Lipinski definition) is 2. The maximum absolute atomic E-state index is 12.4. The molecule has 0 radical (unpaired) electrons. The molecular weight excluding hydrogens is 268 g/mol. The van der Waals surface area contributed by atoms with Crippen molar-refractivity contribution in [2.75, 3.05) is 11.4 Å². The minimum Gasteiger partial charge on any atom is -0.480 e. The number of amides is 2. The summed E-state index contributed by atoms with van der Waals surface area (Å²) >= 11 is 0. The second-order valence-corrected chi connectivity index (χ2v) is 6.17. The van der Waals surface area contributed by atoms with Crippen LogP contribution in [0.3, 0.4) is 0 Å². The number of carbonyl (C=O) groups excluding carboxylic acids is 1. The topological polar surface area (TPSA) is 69.6 Å². The molecule has 21 heavy (non-hydrogen) atoms. The Morgan fingerprint density at radius 2 is 1.95 bits per heavy atom. The van der Waals surface area contributed by atoms with Gasteiger partial charge in [-0.1, -0.05) is 32.9 Å². The lowest BCUT2D eigenvalue weighted by Crippen LogP contribution is -2.53. The molecule has 116 valence electrons. The van der Waals surface area contributed by atoms with E-state index in [9.17, 15) is 14.7 Å². The predicted octanol–water partition coefficient (Wildman–Crippen LogP) is 3.03. The SMILES string of the molecule is CCN(C(=O)N[C@@H](C(=O)O)C(C)(C)C)c1cccc(C)c1. The summed E-state index contributed by atoms with van der Waals surface area (Å²) in [7, 11) is 0. The second-order valence-electron chi connectivity index (χ2n) is 6.17. The van der Waals surface area contributed by atoms with Crippen LogP contribution in [0.2, 0.25) is 0 Å². The van der Waals surface area contributed by atoms with E-state index in [0.717, 1.165) is 11.3 Å². The van der Waals surface area contributed by atoms with Gasteiger partial charge >= 0.3 is 12.0 Å². The minimum absolute atomic E-state index is 0.398. The zero-order valence-corrected chi connectivity index (χ0v) is 13.3. The molecule has 0 spiro atoms. The van der Waals surface area contributed by atoms with Gasteiger partial charge in [0.05, 0.1) is 0 Å². The van der Waals surface area contributed by atoms with Crippen molar-refractivity contribution in [3.8, 4) is 0 Å². The maximum atomic E-state index is 12.4. The lowest BCUT2D eigenvalue weighted by Gasteiger charge is -2.30. The van der Waals surface area contributed by atoms with Crippen LogP contribution in [0, 0.1) is 12.3 Å². The second kappa shape index (κ2) is 6.61. The van der Waals surface area contributed by atoms with Gasteiger partial charge in [0.1, 0.15) is 6.04 Å². The molecule has 0 fully saturated rings. The Morgan fingerprint density at radius 3 is 2.38 bits per heavy atom. The van der Waals surface area contributed by atoms with Gasteiger partial charge in [0.25, 0.3) is 0 Å². The molecule has 5 heteroatoms. The standard InChI is InChI=1S/C16H24N2O3/c1-6-18(12-9-7-8-11(2)10-12)15(21)17-13(14(19)20)16(3,4)5/h7-10,13H,6H2,1-5H3,(H,17,21)(H,19,20)/t13-/m0/s1. The fourth-order valence-electron chi connectivity index (χ4n) is 2.09. The molecule has 0 aliphatic rings. The van der Waals surface area contributed by atoms with Crippen molar-refractivity contribution in [2.45, 2.75) is 40.7 Å². The third-order valence-corrected chi connectivity index (χ3v) is 3.26. The Morgan fingerprint density at radius 1 is 1.33 bits per heavy atom. The number of benzene rings is 1. The number of urea groups is 1. The van der Waals surface area contributed by atoms with Crippen LogP contribution >= 0.6 is 0 Å². The molecule has 0 saturated carbocycles. The highest BCUT2D eigenvalue weighted by Crippen LogP contribution is 2.21. The third kappa shape index (κ3) is 4.48. The third-order valence-electron chi connectivity index (χ3n) is 3.26. The van der Waals surface area contributed by atoms with Crippen LogP contribution in [0.5, 0.6) is 0 Å². The number of rotatable bonds is 4. The summed E-state index contributed by atoms with van der Waals surface area (Å²) in [5, 5.41) is 11.9. The molecule has 0 saturated heterocycles. The first kappa shape index (κ1) is 17.0. The highest BCUT2D eigenvalue weighted by Gasteiger charge is 2.33. The van der Waals surface area contributed by atoms with Crippen LogP contribution < -0.4 is 10.2 Å². The smallest absolute Gasteiger partial charge is 0.326 e. The van der Waals surface area contributed by atoms with E-state index in [0.29, 0.717) is 6.54 Å². The van der Waals surface area contributed by atoms with Crippen molar-refractivity contribution in [3.63, 3.8) is 0 Å². The summed E-state index contributed by atoms with van der Waals surface area (Å²) in [4.78, 5) is 25.3. The Labute approximate surface area is 126 Å². The largest absolute Gasteiger partial charge is 0.480 e. The van der Waals surface area contributed by atoms with Crippen LogP contribution in [-0.4, -0.2) is 29.7 Å². The van der Waals surface area contributed by atoms with E-state index < -0.39 is 23.5 Å². The first-order valence-corrected chi connectivity index (χ1v) is 7.04. The quantitative estimate of drug-likeness (QED) is 0.896. The molecule has 2 amide bonds. The van der Waals surface area contributed by atoms with E-state index in [4.69, 9.17) is 0 Å². The van der Waals surface area contributed by atoms with Crippen molar-refractivity contribution >= 4 is 17.7 Å². The summed E-state index contributed by atoms with van der Waals surface area (Å²) in [6.45, 7) is 9.63. The van der Waals surface area contributed by atoms with E-state index in [1.165, 1.54) is 4.90 Å². The molecular formula is C16H24N2O3. The monoisotopic (exact) mass is 292 g/mol. The van der Waals surface area contributed by atoms with Crippen molar-refractivity contribution < 1.29 is 14.7 Å². The molecule has 0 bridgehead atoms. The predicted molar refractivity (Wildman–Crippen MR) is 83.6 cm³/mol. The van der Waals surface area contributed by atoms with Crippen LogP contribution in [0.4, 0.5) is 10.5 Å². The molecule has 1 aromatic carbocycles. The average Bonchev–Trinajstić information content (AvgIpc) is 2.35. The summed E-state index contributed by atoms with van der Waals surface area (Å²) in [5.74, 6) is -1.03. The number of carbonyl (C=O) groups is 2. The Hall–Kier alpha value is -2.04. The van der Waals surface area contributed by atoms with Gasteiger partial charge in [-0.2, -0.15) is 0 Å². The number of carboxylic acid groups (broad SMARTS) is 1. The molecule has 1 rings (SSSR count). The van der Waals surface area contributed by atoms with Gasteiger partial charge in [-0.3, -0.25) is 4.90 Å². The van der Waals surface area contributed by atoms with Crippen LogP contribution in [0.1, 0.15) is 33.3 Å². The molecule has 0 heterocycles. The molecule has 2 N–H and O–H groups in total. The van der Waals surface area contributed by atoms with Crippen LogP contribution in [0.25, 0.3) is 0 Å². The van der Waals surface area contributed by atoms with Gasteiger partial charge in [0.2, 0.25) is 0 Å². The summed E-state index contributed by atoms with van der Waals surface area (Å²) in [6.07, 6.45) is 0. The van der Waals surface area contributed by atoms with Crippen molar-refractivity contribution in [2.24, 2.45) is 5.41 Å². The normalized spacial score (nSPS) is 12.6. The summed E-state index contributed by atoms with van der Waals surface area (Å²) < 4.78 is 0. The number of nitrogens with zero attached hydrogens (tertiary/aromatic N) is 1. The number of anilines is 1. The molecule has 0 aliphatic carbocycles. The summed E-state index contributed by atoms with van der Waals surface area (Å²) in [6, 6.07) is 6.22. The Kier molecular flexibility index (Phi) is 5.35. The first-order chi connectivity index (χ1) is 9.66. The van der Waals surface area contributed by atoms with E-state index in [1.54, 1.807) is 20.8 Å². The maximum Gasteiger partial charge on any atom is 0.326 e. The van der Waals surface area contributed by atoms with E-state index in [-0.39, 0.29) is 0 Å². The van der Waals surface area contributed by atoms with Crippen LogP contribution in [0.15, 0.2) is 24.3 Å². The zero-order chi connectivity index (χ0) is 16.2. The average molecular weight is 292 g/mol. The molecule has 1 aromatic rings. The van der Waals surface area contributed by atoms with Gasteiger partial charge in [-0.05, 0) is 37.0 Å². The molecule has 1 atom stereocenters.